The number of hydrogen-bond acceptors (Lipinski definition) is 2. The van der Waals surface area contributed by atoms with Crippen LogP contribution in [0.2, 0.25) is 0 Å². The summed E-state index contributed by atoms with van der Waals surface area (Å²) in [6.45, 7) is 0. The average molecular weight is 267 g/mol. The molecule has 5 heteroatoms. The molecule has 0 radical (unpaired) electrons. The van der Waals surface area contributed by atoms with Crippen molar-refractivity contribution in [1.82, 2.24) is 4.98 Å². The van der Waals surface area contributed by atoms with E-state index in [1.807, 2.05) is 0 Å². The predicted molar refractivity (Wildman–Crippen MR) is 43.9 cm³/mol. The molecule has 58 valence electrons. The van der Waals surface area contributed by atoms with E-state index in [0.29, 0.717) is 0 Å². The molecule has 1 aromatic rings. The van der Waals surface area contributed by atoms with Crippen LogP contribution in [-0.2, 0) is 0 Å². The summed E-state index contributed by atoms with van der Waals surface area (Å²) in [5, 5.41) is 8.49. The van der Waals surface area contributed by atoms with Crippen molar-refractivity contribution in [2.45, 2.75) is 0 Å². The number of carboxylic acids is 1. The van der Waals surface area contributed by atoms with Gasteiger partial charge in [0.25, 0.3) is 0 Å². The first-order valence-corrected chi connectivity index (χ1v) is 3.74. The minimum Gasteiger partial charge on any atom is -0.478 e. The Morgan fingerprint density at radius 2 is 2.36 bits per heavy atom. The van der Waals surface area contributed by atoms with Gasteiger partial charge in [0.05, 0.1) is 9.13 Å². The van der Waals surface area contributed by atoms with Crippen molar-refractivity contribution >= 4 is 28.6 Å². The van der Waals surface area contributed by atoms with Crippen LogP contribution in [0.15, 0.2) is 12.3 Å². The Morgan fingerprint density at radius 3 is 2.82 bits per heavy atom. The quantitative estimate of drug-likeness (QED) is 0.620. The maximum atomic E-state index is 12.6. The number of nitrogens with zero attached hydrogens (tertiary/aromatic N) is 1. The van der Waals surface area contributed by atoms with E-state index in [0.717, 1.165) is 6.20 Å². The summed E-state index contributed by atoms with van der Waals surface area (Å²) >= 11 is 1.60. The van der Waals surface area contributed by atoms with E-state index in [9.17, 15) is 9.18 Å². The first-order valence-electron chi connectivity index (χ1n) is 2.66. The van der Waals surface area contributed by atoms with Crippen LogP contribution in [0.5, 0.6) is 0 Å². The highest BCUT2D eigenvalue weighted by atomic mass is 127. The summed E-state index contributed by atoms with van der Waals surface area (Å²) in [7, 11) is 0. The molecule has 0 aromatic carbocycles. The standard InChI is InChI=1S/C6H3FINO2/c7-5-4(8)3(6(10)11)1-2-9-5/h1-2H,(H,10,11). The molecule has 0 amide bonds. The van der Waals surface area contributed by atoms with Crippen LogP contribution in [0.3, 0.4) is 0 Å². The first kappa shape index (κ1) is 8.38. The molecule has 1 aromatic heterocycles. The Hall–Kier alpha value is -0.720. The molecular weight excluding hydrogens is 264 g/mol. The van der Waals surface area contributed by atoms with E-state index in [1.54, 1.807) is 22.6 Å². The number of halogens is 2. The van der Waals surface area contributed by atoms with Gasteiger partial charge in [-0.1, -0.05) is 0 Å². The third kappa shape index (κ3) is 1.65. The van der Waals surface area contributed by atoms with E-state index in [2.05, 4.69) is 4.98 Å². The number of aromatic carboxylic acids is 1. The molecule has 0 saturated carbocycles. The molecule has 1 heterocycles. The van der Waals surface area contributed by atoms with Crippen LogP contribution in [0, 0.1) is 9.52 Å². The molecule has 0 atom stereocenters. The van der Waals surface area contributed by atoms with Crippen LogP contribution in [0.25, 0.3) is 0 Å². The largest absolute Gasteiger partial charge is 0.478 e. The molecule has 0 aliphatic heterocycles. The number of hydrogen-bond donors (Lipinski definition) is 1. The minimum absolute atomic E-state index is 0.0394. The molecule has 3 nitrogen and oxygen atoms in total. The van der Waals surface area contributed by atoms with Crippen molar-refractivity contribution in [3.8, 4) is 0 Å². The van der Waals surface area contributed by atoms with Crippen molar-refractivity contribution < 1.29 is 14.3 Å². The summed E-state index contributed by atoms with van der Waals surface area (Å²) in [4.78, 5) is 13.7. The summed E-state index contributed by atoms with van der Waals surface area (Å²) in [5.74, 6) is -1.89. The van der Waals surface area contributed by atoms with Gasteiger partial charge >= 0.3 is 5.97 Å². The van der Waals surface area contributed by atoms with Gasteiger partial charge in [-0.05, 0) is 28.7 Å². The monoisotopic (exact) mass is 267 g/mol. The van der Waals surface area contributed by atoms with Crippen molar-refractivity contribution in [3.05, 3.63) is 27.3 Å². The maximum absolute atomic E-state index is 12.6. The van der Waals surface area contributed by atoms with E-state index < -0.39 is 11.9 Å². The maximum Gasteiger partial charge on any atom is 0.336 e. The van der Waals surface area contributed by atoms with Gasteiger partial charge in [-0.25, -0.2) is 9.78 Å². The molecule has 0 unspecified atom stereocenters. The second-order valence-electron chi connectivity index (χ2n) is 1.77. The van der Waals surface area contributed by atoms with E-state index in [-0.39, 0.29) is 9.13 Å². The Balaban J connectivity index is 3.27. The summed E-state index contributed by atoms with van der Waals surface area (Å²) in [6.07, 6.45) is 1.13. The Labute approximate surface area is 75.4 Å². The summed E-state index contributed by atoms with van der Waals surface area (Å²) < 4.78 is 12.6. The summed E-state index contributed by atoms with van der Waals surface area (Å²) in [5.41, 5.74) is -0.0573. The van der Waals surface area contributed by atoms with Crippen LogP contribution in [0.1, 0.15) is 10.4 Å². The lowest BCUT2D eigenvalue weighted by Gasteiger charge is -1.96. The highest BCUT2D eigenvalue weighted by Gasteiger charge is 2.11. The van der Waals surface area contributed by atoms with Crippen LogP contribution in [-0.4, -0.2) is 16.1 Å². The van der Waals surface area contributed by atoms with Crippen molar-refractivity contribution in [3.63, 3.8) is 0 Å². The number of pyridine rings is 1. The van der Waals surface area contributed by atoms with Gasteiger partial charge in [-0.2, -0.15) is 4.39 Å². The van der Waals surface area contributed by atoms with Crippen LogP contribution < -0.4 is 0 Å². The van der Waals surface area contributed by atoms with Gasteiger partial charge in [-0.3, -0.25) is 0 Å². The molecule has 0 fully saturated rings. The average Bonchev–Trinajstić information content (AvgIpc) is 1.94. The van der Waals surface area contributed by atoms with Gasteiger partial charge in [0, 0.05) is 6.20 Å². The highest BCUT2D eigenvalue weighted by molar-refractivity contribution is 14.1. The van der Waals surface area contributed by atoms with Gasteiger partial charge in [0.15, 0.2) is 0 Å². The lowest BCUT2D eigenvalue weighted by molar-refractivity contribution is 0.0694. The Bertz CT molecular complexity index is 303. The van der Waals surface area contributed by atoms with E-state index in [1.165, 1.54) is 6.07 Å². The zero-order valence-corrected chi connectivity index (χ0v) is 7.37. The zero-order valence-electron chi connectivity index (χ0n) is 5.21. The second-order valence-corrected chi connectivity index (χ2v) is 2.85. The smallest absolute Gasteiger partial charge is 0.336 e. The number of carbonyl (C=O) groups is 1. The molecule has 0 bridgehead atoms. The van der Waals surface area contributed by atoms with E-state index in [4.69, 9.17) is 5.11 Å². The topological polar surface area (TPSA) is 50.2 Å². The van der Waals surface area contributed by atoms with Crippen molar-refractivity contribution in [2.24, 2.45) is 0 Å². The third-order valence-corrected chi connectivity index (χ3v) is 2.10. The van der Waals surface area contributed by atoms with Gasteiger partial charge < -0.3 is 5.11 Å². The van der Waals surface area contributed by atoms with Crippen LogP contribution in [0.4, 0.5) is 4.39 Å². The highest BCUT2D eigenvalue weighted by Crippen LogP contribution is 2.13. The molecule has 0 aliphatic carbocycles. The van der Waals surface area contributed by atoms with E-state index >= 15 is 0 Å². The number of aromatic nitrogens is 1. The molecule has 0 saturated heterocycles. The lowest BCUT2D eigenvalue weighted by atomic mass is 10.3. The van der Waals surface area contributed by atoms with Crippen LogP contribution >= 0.6 is 22.6 Å². The minimum atomic E-state index is -1.14. The van der Waals surface area contributed by atoms with Crippen molar-refractivity contribution in [2.75, 3.05) is 0 Å². The lowest BCUT2D eigenvalue weighted by Crippen LogP contribution is -2.02. The fourth-order valence-corrected chi connectivity index (χ4v) is 1.13. The number of rotatable bonds is 1. The third-order valence-electron chi connectivity index (χ3n) is 1.08. The molecule has 0 spiro atoms. The molecule has 11 heavy (non-hydrogen) atoms. The molecule has 0 aliphatic rings. The SMILES string of the molecule is O=C(O)c1ccnc(F)c1I. The molecular formula is C6H3FINO2. The zero-order chi connectivity index (χ0) is 8.43. The van der Waals surface area contributed by atoms with Gasteiger partial charge in [0.1, 0.15) is 0 Å². The number of carboxylic acid groups (broad SMARTS) is 1. The Morgan fingerprint density at radius 1 is 1.73 bits per heavy atom. The van der Waals surface area contributed by atoms with Gasteiger partial charge in [-0.15, -0.1) is 0 Å². The fourth-order valence-electron chi connectivity index (χ4n) is 0.583. The normalized spacial score (nSPS) is 9.64. The predicted octanol–water partition coefficient (Wildman–Crippen LogP) is 1.52. The van der Waals surface area contributed by atoms with Crippen molar-refractivity contribution in [1.29, 1.82) is 0 Å². The molecule has 1 rings (SSSR count). The first-order chi connectivity index (χ1) is 5.13. The summed E-state index contributed by atoms with van der Waals surface area (Å²) in [6, 6.07) is 1.26. The second kappa shape index (κ2) is 3.12. The van der Waals surface area contributed by atoms with Gasteiger partial charge in [0.2, 0.25) is 5.95 Å². The fraction of sp³-hybridized carbons (Fsp3) is 0. The Kier molecular flexibility index (Phi) is 2.38. The molecule has 1 N–H and O–H groups in total.